The summed E-state index contributed by atoms with van der Waals surface area (Å²) in [6.07, 6.45) is 4.94. The fraction of sp³-hybridized carbons (Fsp3) is 0.231. The Labute approximate surface area is 223 Å². The zero-order valence-electron chi connectivity index (χ0n) is 19.9. The molecule has 0 atom stereocenters. The van der Waals surface area contributed by atoms with E-state index in [9.17, 15) is 9.59 Å². The van der Waals surface area contributed by atoms with Crippen molar-refractivity contribution in [2.24, 2.45) is 0 Å². The third-order valence-corrected chi connectivity index (χ3v) is 6.85. The number of piperidine rings is 1. The summed E-state index contributed by atoms with van der Waals surface area (Å²) in [5.74, 6) is -0.00885. The van der Waals surface area contributed by atoms with Gasteiger partial charge in [-0.3, -0.25) is 9.69 Å². The Balaban J connectivity index is 1.39. The van der Waals surface area contributed by atoms with Gasteiger partial charge in [-0.2, -0.15) is 5.10 Å². The van der Waals surface area contributed by atoms with Crippen molar-refractivity contribution in [3.8, 4) is 0 Å². The first-order chi connectivity index (χ1) is 17.9. The van der Waals surface area contributed by atoms with Crippen LogP contribution in [0.3, 0.4) is 0 Å². The summed E-state index contributed by atoms with van der Waals surface area (Å²) >= 11 is 12.1. The van der Waals surface area contributed by atoms with Gasteiger partial charge in [-0.05, 0) is 62.3 Å². The first-order valence-corrected chi connectivity index (χ1v) is 12.7. The van der Waals surface area contributed by atoms with Crippen LogP contribution in [0.2, 0.25) is 10.0 Å². The van der Waals surface area contributed by atoms with Gasteiger partial charge in [-0.1, -0.05) is 41.8 Å². The van der Waals surface area contributed by atoms with E-state index < -0.39 is 6.03 Å². The molecule has 0 spiro atoms. The first-order valence-electron chi connectivity index (χ1n) is 11.9. The maximum absolute atomic E-state index is 13.6. The van der Waals surface area contributed by atoms with Gasteiger partial charge in [0, 0.05) is 22.8 Å². The Bertz CT molecular complexity index is 1480. The van der Waals surface area contributed by atoms with E-state index in [1.807, 2.05) is 6.07 Å². The maximum Gasteiger partial charge on any atom is 0.323 e. The zero-order chi connectivity index (χ0) is 25.9. The molecule has 1 saturated heterocycles. The van der Waals surface area contributed by atoms with Gasteiger partial charge in [0.2, 0.25) is 0 Å². The van der Waals surface area contributed by atoms with E-state index >= 15 is 0 Å². The Hall–Kier alpha value is -3.66. The quantitative estimate of drug-likeness (QED) is 0.280. The van der Waals surface area contributed by atoms with E-state index in [4.69, 9.17) is 28.9 Å². The third kappa shape index (κ3) is 5.53. The van der Waals surface area contributed by atoms with Crippen molar-refractivity contribution in [1.82, 2.24) is 19.5 Å². The summed E-state index contributed by atoms with van der Waals surface area (Å²) in [6, 6.07) is 12.8. The number of amides is 2. The number of nitrogens with one attached hydrogen (secondary N) is 2. The molecule has 1 fully saturated rings. The third-order valence-electron chi connectivity index (χ3n) is 6.30. The number of carbonyl (C=O) groups excluding carboxylic acids is 2. The van der Waals surface area contributed by atoms with Crippen LogP contribution >= 0.6 is 23.2 Å². The summed E-state index contributed by atoms with van der Waals surface area (Å²) in [7, 11) is 0. The van der Waals surface area contributed by atoms with E-state index in [1.54, 1.807) is 40.9 Å². The van der Waals surface area contributed by atoms with Gasteiger partial charge in [0.1, 0.15) is 11.8 Å². The SMILES string of the molecule is Nc1ncnn2c(CN3CCCCC3)cc(C(=O)c3cccc(NC(=O)Nc4ccc(Cl)cc4Cl)c3)c12. The molecule has 2 aromatic heterocycles. The molecule has 5 rings (SSSR count). The molecule has 0 saturated carbocycles. The number of urea groups is 1. The van der Waals surface area contributed by atoms with Gasteiger partial charge in [0.15, 0.2) is 11.6 Å². The van der Waals surface area contributed by atoms with Crippen molar-refractivity contribution in [2.45, 2.75) is 25.8 Å². The second kappa shape index (κ2) is 10.8. The fourth-order valence-electron chi connectivity index (χ4n) is 4.53. The van der Waals surface area contributed by atoms with Crippen molar-refractivity contribution in [3.05, 3.63) is 81.7 Å². The normalized spacial score (nSPS) is 14.0. The van der Waals surface area contributed by atoms with Crippen LogP contribution in [0, 0.1) is 0 Å². The summed E-state index contributed by atoms with van der Waals surface area (Å²) in [5.41, 5.74) is 9.20. The highest BCUT2D eigenvalue weighted by Crippen LogP contribution is 2.27. The topological polar surface area (TPSA) is 118 Å². The van der Waals surface area contributed by atoms with Crippen LogP contribution in [-0.4, -0.2) is 44.4 Å². The van der Waals surface area contributed by atoms with Crippen molar-refractivity contribution >= 4 is 57.7 Å². The van der Waals surface area contributed by atoms with Gasteiger partial charge in [-0.25, -0.2) is 14.3 Å². The molecule has 3 heterocycles. The van der Waals surface area contributed by atoms with E-state index in [1.165, 1.54) is 18.8 Å². The number of likely N-dealkylation sites (tertiary alicyclic amines) is 1. The number of hydrogen-bond donors (Lipinski definition) is 3. The number of anilines is 3. The van der Waals surface area contributed by atoms with Crippen LogP contribution < -0.4 is 16.4 Å². The summed E-state index contributed by atoms with van der Waals surface area (Å²) < 4.78 is 1.70. The van der Waals surface area contributed by atoms with Crippen LogP contribution in [0.5, 0.6) is 0 Å². The molecule has 4 N–H and O–H groups in total. The molecule has 0 radical (unpaired) electrons. The van der Waals surface area contributed by atoms with E-state index in [0.717, 1.165) is 31.6 Å². The van der Waals surface area contributed by atoms with Gasteiger partial charge in [-0.15, -0.1) is 0 Å². The Kier molecular flexibility index (Phi) is 7.27. The number of carbonyl (C=O) groups is 2. The Morgan fingerprint density at radius 3 is 2.59 bits per heavy atom. The van der Waals surface area contributed by atoms with E-state index in [-0.39, 0.29) is 11.6 Å². The minimum absolute atomic E-state index is 0.233. The lowest BCUT2D eigenvalue weighted by Gasteiger charge is -2.25. The highest BCUT2D eigenvalue weighted by atomic mass is 35.5. The first kappa shape index (κ1) is 25.0. The second-order valence-corrected chi connectivity index (χ2v) is 9.75. The van der Waals surface area contributed by atoms with Crippen LogP contribution in [0.1, 0.15) is 40.9 Å². The number of rotatable bonds is 6. The molecule has 190 valence electrons. The summed E-state index contributed by atoms with van der Waals surface area (Å²) in [4.78, 5) is 32.6. The van der Waals surface area contributed by atoms with Crippen LogP contribution in [0.25, 0.3) is 5.52 Å². The lowest BCUT2D eigenvalue weighted by molar-refractivity contribution is 0.104. The van der Waals surface area contributed by atoms with Crippen molar-refractivity contribution < 1.29 is 9.59 Å². The predicted octanol–water partition coefficient (Wildman–Crippen LogP) is 5.48. The molecule has 4 aromatic rings. The molecule has 9 nitrogen and oxygen atoms in total. The fourth-order valence-corrected chi connectivity index (χ4v) is 4.99. The average molecular weight is 538 g/mol. The smallest absolute Gasteiger partial charge is 0.323 e. The van der Waals surface area contributed by atoms with Gasteiger partial charge >= 0.3 is 6.03 Å². The molecule has 1 aliphatic rings. The molecule has 2 amide bonds. The molecule has 11 heteroatoms. The number of aromatic nitrogens is 3. The van der Waals surface area contributed by atoms with Crippen LogP contribution in [0.15, 0.2) is 54.9 Å². The molecule has 2 aromatic carbocycles. The molecule has 0 unspecified atom stereocenters. The number of benzene rings is 2. The predicted molar refractivity (Wildman–Crippen MR) is 146 cm³/mol. The number of nitrogens with two attached hydrogens (primary N) is 1. The Morgan fingerprint density at radius 1 is 1.00 bits per heavy atom. The lowest BCUT2D eigenvalue weighted by Crippen LogP contribution is -2.29. The van der Waals surface area contributed by atoms with Crippen molar-refractivity contribution in [1.29, 1.82) is 0 Å². The van der Waals surface area contributed by atoms with Gasteiger partial charge in [0.05, 0.1) is 22.0 Å². The molecular weight excluding hydrogens is 513 g/mol. The molecular formula is C26H25Cl2N7O2. The van der Waals surface area contributed by atoms with Crippen LogP contribution in [-0.2, 0) is 6.54 Å². The number of fused-ring (bicyclic) bond motifs is 1. The number of nitrogen functional groups attached to an aromatic ring is 1. The minimum atomic E-state index is -0.510. The largest absolute Gasteiger partial charge is 0.382 e. The highest BCUT2D eigenvalue weighted by Gasteiger charge is 2.22. The van der Waals surface area contributed by atoms with Gasteiger partial charge < -0.3 is 16.4 Å². The minimum Gasteiger partial charge on any atom is -0.382 e. The van der Waals surface area contributed by atoms with Crippen LogP contribution in [0.4, 0.5) is 22.0 Å². The summed E-state index contributed by atoms with van der Waals surface area (Å²) in [6.45, 7) is 2.68. The van der Waals surface area contributed by atoms with E-state index in [0.29, 0.717) is 44.6 Å². The van der Waals surface area contributed by atoms with Crippen molar-refractivity contribution in [2.75, 3.05) is 29.5 Å². The zero-order valence-corrected chi connectivity index (χ0v) is 21.4. The number of hydrogen-bond acceptors (Lipinski definition) is 6. The monoisotopic (exact) mass is 537 g/mol. The highest BCUT2D eigenvalue weighted by molar-refractivity contribution is 6.36. The molecule has 0 aliphatic carbocycles. The standard InChI is InChI=1S/C26H25Cl2N7O2/c27-17-7-8-22(21(28)12-17)33-26(37)32-18-6-4-5-16(11-18)24(36)20-13-19(14-34-9-2-1-3-10-34)35-23(20)25(29)30-15-31-35/h4-8,11-13,15H,1-3,9-10,14H2,(H2,29,30,31)(H2,32,33,37). The second-order valence-electron chi connectivity index (χ2n) is 8.91. The average Bonchev–Trinajstić information content (AvgIpc) is 3.25. The molecule has 37 heavy (non-hydrogen) atoms. The van der Waals surface area contributed by atoms with E-state index in [2.05, 4.69) is 25.6 Å². The number of halogens is 2. The summed E-state index contributed by atoms with van der Waals surface area (Å²) in [5, 5.41) is 10.6. The molecule has 1 aliphatic heterocycles. The molecule has 0 bridgehead atoms. The number of nitrogens with zero attached hydrogens (tertiary/aromatic N) is 4. The number of ketones is 1. The lowest BCUT2D eigenvalue weighted by atomic mass is 10.0. The maximum atomic E-state index is 13.6. The van der Waals surface area contributed by atoms with Crippen molar-refractivity contribution in [3.63, 3.8) is 0 Å². The van der Waals surface area contributed by atoms with Gasteiger partial charge in [0.25, 0.3) is 0 Å². The Morgan fingerprint density at radius 2 is 1.81 bits per heavy atom.